The molecular formula is C6H10Cl2N4O2. The first-order valence-corrected chi connectivity index (χ1v) is 3.60. The quantitative estimate of drug-likeness (QED) is 0.704. The van der Waals surface area contributed by atoms with Crippen LogP contribution >= 0.6 is 24.8 Å². The molecule has 0 bridgehead atoms. The standard InChI is InChI=1S/C6H8N4O2.2ClH/c11-6(12)4-2-10-3-8-9-5(10)1-7-4;;/h3-4,7H,1-2H2,(H,11,12);2*1H. The molecule has 0 aliphatic carbocycles. The molecule has 0 aromatic carbocycles. The predicted molar refractivity (Wildman–Crippen MR) is 52.8 cm³/mol. The Labute approximate surface area is 92.5 Å². The van der Waals surface area contributed by atoms with Crippen molar-refractivity contribution in [3.05, 3.63) is 12.2 Å². The van der Waals surface area contributed by atoms with Crippen LogP contribution in [0.15, 0.2) is 6.33 Å². The Kier molecular flexibility index (Phi) is 4.82. The van der Waals surface area contributed by atoms with Crippen molar-refractivity contribution in [2.75, 3.05) is 0 Å². The highest BCUT2D eigenvalue weighted by atomic mass is 35.5. The largest absolute Gasteiger partial charge is 0.480 e. The maximum atomic E-state index is 10.6. The summed E-state index contributed by atoms with van der Waals surface area (Å²) in [4.78, 5) is 10.6. The maximum absolute atomic E-state index is 10.6. The van der Waals surface area contributed by atoms with E-state index in [0.29, 0.717) is 13.1 Å². The molecule has 2 heterocycles. The number of fused-ring (bicyclic) bond motifs is 1. The molecule has 14 heavy (non-hydrogen) atoms. The molecule has 0 radical (unpaired) electrons. The molecule has 2 N–H and O–H groups in total. The van der Waals surface area contributed by atoms with E-state index in [2.05, 4.69) is 15.5 Å². The lowest BCUT2D eigenvalue weighted by Crippen LogP contribution is -2.44. The Balaban J connectivity index is 0.000000845. The lowest BCUT2D eigenvalue weighted by molar-refractivity contribution is -0.140. The lowest BCUT2D eigenvalue weighted by Gasteiger charge is -2.20. The maximum Gasteiger partial charge on any atom is 0.322 e. The van der Waals surface area contributed by atoms with E-state index in [1.165, 1.54) is 0 Å². The molecule has 0 spiro atoms. The predicted octanol–water partition coefficient (Wildman–Crippen LogP) is -0.322. The second-order valence-electron chi connectivity index (χ2n) is 2.67. The van der Waals surface area contributed by atoms with Crippen LogP contribution in [0.5, 0.6) is 0 Å². The van der Waals surface area contributed by atoms with E-state index in [1.807, 2.05) is 0 Å². The van der Waals surface area contributed by atoms with E-state index in [-0.39, 0.29) is 24.8 Å². The molecule has 0 amide bonds. The Morgan fingerprint density at radius 2 is 2.36 bits per heavy atom. The second kappa shape index (κ2) is 5.14. The van der Waals surface area contributed by atoms with Gasteiger partial charge in [-0.2, -0.15) is 0 Å². The van der Waals surface area contributed by atoms with Crippen LogP contribution in [0, 0.1) is 0 Å². The summed E-state index contributed by atoms with van der Waals surface area (Å²) in [5.41, 5.74) is 0. The van der Waals surface area contributed by atoms with Crippen molar-refractivity contribution >= 4 is 30.8 Å². The molecule has 1 aliphatic rings. The third kappa shape index (κ3) is 2.34. The molecule has 1 aromatic rings. The van der Waals surface area contributed by atoms with Crippen molar-refractivity contribution in [1.82, 2.24) is 20.1 Å². The fourth-order valence-corrected chi connectivity index (χ4v) is 1.21. The van der Waals surface area contributed by atoms with Crippen molar-refractivity contribution in [2.45, 2.75) is 19.1 Å². The number of carboxylic acids is 1. The van der Waals surface area contributed by atoms with Gasteiger partial charge in [0.2, 0.25) is 0 Å². The smallest absolute Gasteiger partial charge is 0.322 e. The highest BCUT2D eigenvalue weighted by molar-refractivity contribution is 5.85. The summed E-state index contributed by atoms with van der Waals surface area (Å²) in [6, 6.07) is -0.520. The van der Waals surface area contributed by atoms with Crippen molar-refractivity contribution in [3.63, 3.8) is 0 Å². The molecule has 8 heteroatoms. The molecule has 0 fully saturated rings. The van der Waals surface area contributed by atoms with Gasteiger partial charge in [-0.15, -0.1) is 35.0 Å². The number of aliphatic carboxylic acids is 1. The third-order valence-corrected chi connectivity index (χ3v) is 1.88. The first-order valence-electron chi connectivity index (χ1n) is 3.60. The number of hydrogen-bond donors (Lipinski definition) is 2. The highest BCUT2D eigenvalue weighted by Crippen LogP contribution is 2.04. The van der Waals surface area contributed by atoms with Crippen molar-refractivity contribution < 1.29 is 9.90 Å². The first-order chi connectivity index (χ1) is 5.77. The first kappa shape index (κ1) is 13.2. The van der Waals surface area contributed by atoms with Gasteiger partial charge in [-0.25, -0.2) is 0 Å². The molecule has 1 aromatic heterocycles. The van der Waals surface area contributed by atoms with Crippen LogP contribution in [0.3, 0.4) is 0 Å². The van der Waals surface area contributed by atoms with Crippen LogP contribution in [0.2, 0.25) is 0 Å². The second-order valence-corrected chi connectivity index (χ2v) is 2.67. The van der Waals surface area contributed by atoms with Crippen LogP contribution < -0.4 is 5.32 Å². The summed E-state index contributed by atoms with van der Waals surface area (Å²) in [6.07, 6.45) is 1.55. The molecule has 6 nitrogen and oxygen atoms in total. The van der Waals surface area contributed by atoms with Gasteiger partial charge in [0.1, 0.15) is 18.2 Å². The van der Waals surface area contributed by atoms with Crippen molar-refractivity contribution in [1.29, 1.82) is 0 Å². The van der Waals surface area contributed by atoms with E-state index < -0.39 is 12.0 Å². The van der Waals surface area contributed by atoms with E-state index in [0.717, 1.165) is 5.82 Å². The van der Waals surface area contributed by atoms with Gasteiger partial charge < -0.3 is 9.67 Å². The van der Waals surface area contributed by atoms with Crippen molar-refractivity contribution in [2.24, 2.45) is 0 Å². The van der Waals surface area contributed by atoms with Gasteiger partial charge >= 0.3 is 5.97 Å². The van der Waals surface area contributed by atoms with Gasteiger partial charge in [-0.1, -0.05) is 0 Å². The monoisotopic (exact) mass is 240 g/mol. The van der Waals surface area contributed by atoms with Crippen LogP contribution in [0.25, 0.3) is 0 Å². The minimum atomic E-state index is -0.839. The number of carbonyl (C=O) groups is 1. The summed E-state index contributed by atoms with van der Waals surface area (Å²) in [5.74, 6) is -0.0538. The molecule has 0 saturated carbocycles. The number of aromatic nitrogens is 3. The fraction of sp³-hybridized carbons (Fsp3) is 0.500. The summed E-state index contributed by atoms with van der Waals surface area (Å²) in [7, 11) is 0. The Morgan fingerprint density at radius 1 is 1.64 bits per heavy atom. The van der Waals surface area contributed by atoms with Crippen LogP contribution in [0.4, 0.5) is 0 Å². The Bertz CT molecular complexity index is 317. The van der Waals surface area contributed by atoms with Crippen LogP contribution in [0.1, 0.15) is 5.82 Å². The summed E-state index contributed by atoms with van der Waals surface area (Å²) in [6.45, 7) is 0.870. The minimum absolute atomic E-state index is 0. The molecule has 2 rings (SSSR count). The normalized spacial score (nSPS) is 18.7. The number of nitrogens with zero attached hydrogens (tertiary/aromatic N) is 3. The van der Waals surface area contributed by atoms with Crippen molar-refractivity contribution in [3.8, 4) is 0 Å². The van der Waals surface area contributed by atoms with Gasteiger partial charge in [0.25, 0.3) is 0 Å². The summed E-state index contributed by atoms with van der Waals surface area (Å²) < 4.78 is 1.75. The molecule has 80 valence electrons. The van der Waals surface area contributed by atoms with E-state index in [9.17, 15) is 4.79 Å². The number of carboxylic acid groups (broad SMARTS) is 1. The van der Waals surface area contributed by atoms with E-state index in [4.69, 9.17) is 5.11 Å². The lowest BCUT2D eigenvalue weighted by atomic mass is 10.2. The summed E-state index contributed by atoms with van der Waals surface area (Å²) >= 11 is 0. The topological polar surface area (TPSA) is 80.0 Å². The van der Waals surface area contributed by atoms with E-state index in [1.54, 1.807) is 10.9 Å². The van der Waals surface area contributed by atoms with E-state index >= 15 is 0 Å². The average molecular weight is 241 g/mol. The summed E-state index contributed by atoms with van der Waals surface area (Å²) in [5, 5.41) is 19.0. The zero-order valence-corrected chi connectivity index (χ0v) is 8.72. The number of hydrogen-bond acceptors (Lipinski definition) is 4. The molecular weight excluding hydrogens is 231 g/mol. The van der Waals surface area contributed by atoms with Gasteiger partial charge in [0, 0.05) is 0 Å². The minimum Gasteiger partial charge on any atom is -0.480 e. The van der Waals surface area contributed by atoms with Crippen LogP contribution in [-0.4, -0.2) is 31.9 Å². The average Bonchev–Trinajstić information content (AvgIpc) is 2.49. The third-order valence-electron chi connectivity index (χ3n) is 1.88. The number of rotatable bonds is 1. The number of halogens is 2. The van der Waals surface area contributed by atoms with Gasteiger partial charge in [0.05, 0.1) is 13.1 Å². The Hall–Kier alpha value is -0.850. The van der Waals surface area contributed by atoms with Gasteiger partial charge in [-0.3, -0.25) is 10.1 Å². The Morgan fingerprint density at radius 3 is 3.00 bits per heavy atom. The molecule has 0 saturated heterocycles. The van der Waals surface area contributed by atoms with Gasteiger partial charge in [-0.05, 0) is 0 Å². The molecule has 1 atom stereocenters. The zero-order valence-electron chi connectivity index (χ0n) is 7.08. The van der Waals surface area contributed by atoms with Gasteiger partial charge in [0.15, 0.2) is 0 Å². The van der Waals surface area contributed by atoms with Crippen LogP contribution in [-0.2, 0) is 17.9 Å². The molecule has 1 aliphatic heterocycles. The highest BCUT2D eigenvalue weighted by Gasteiger charge is 2.23. The fourth-order valence-electron chi connectivity index (χ4n) is 1.21. The number of nitrogens with one attached hydrogen (secondary N) is 1. The molecule has 1 unspecified atom stereocenters. The zero-order chi connectivity index (χ0) is 8.55. The SMILES string of the molecule is Cl.Cl.O=C(O)C1Cn2cnnc2CN1.